The Morgan fingerprint density at radius 1 is 1.06 bits per heavy atom. The Kier molecular flexibility index (Phi) is 6.75. The van der Waals surface area contributed by atoms with Crippen LogP contribution in [0.1, 0.15) is 27.3 Å². The molecule has 4 rings (SSSR count). The van der Waals surface area contributed by atoms with E-state index < -0.39 is 0 Å². The zero-order valence-corrected chi connectivity index (χ0v) is 18.6. The molecule has 8 heteroatoms. The lowest BCUT2D eigenvalue weighted by Gasteiger charge is -2.11. The van der Waals surface area contributed by atoms with Crippen LogP contribution in [-0.4, -0.2) is 35.1 Å². The molecule has 0 unspecified atom stereocenters. The number of pyridine rings is 1. The molecule has 2 heterocycles. The van der Waals surface area contributed by atoms with Gasteiger partial charge in [-0.2, -0.15) is 5.26 Å². The molecule has 0 aliphatic heterocycles. The van der Waals surface area contributed by atoms with E-state index in [4.69, 9.17) is 9.47 Å². The summed E-state index contributed by atoms with van der Waals surface area (Å²) in [5.41, 5.74) is 3.83. The Hall–Kier alpha value is -4.77. The summed E-state index contributed by atoms with van der Waals surface area (Å²) in [7, 11) is 3.10. The van der Waals surface area contributed by atoms with Crippen molar-refractivity contribution >= 4 is 11.6 Å². The van der Waals surface area contributed by atoms with Crippen molar-refractivity contribution in [3.8, 4) is 28.8 Å². The minimum absolute atomic E-state index is 0.265. The highest BCUT2D eigenvalue weighted by molar-refractivity contribution is 6.04. The standard InChI is InChI=1S/C26H21N5O3/c1-33-22-11-17(10-21(14-22)30-26(32)19-4-3-8-28-16-19)12-25-29-9-7-23(31-25)18-5-6-24(34-2)20(13-18)15-27/h3-11,13-14,16H,12H2,1-2H3,(H,30,32). The summed E-state index contributed by atoms with van der Waals surface area (Å²) in [5.74, 6) is 1.43. The predicted octanol–water partition coefficient (Wildman–Crippen LogP) is 4.27. The van der Waals surface area contributed by atoms with Crippen LogP contribution in [0.4, 0.5) is 5.69 Å². The second-order valence-electron chi connectivity index (χ2n) is 7.33. The molecular formula is C26H21N5O3. The smallest absolute Gasteiger partial charge is 0.257 e. The van der Waals surface area contributed by atoms with E-state index in [1.165, 1.54) is 13.3 Å². The number of hydrogen-bond acceptors (Lipinski definition) is 7. The Bertz CT molecular complexity index is 1370. The van der Waals surface area contributed by atoms with Crippen molar-refractivity contribution in [3.05, 3.63) is 95.7 Å². The van der Waals surface area contributed by atoms with E-state index in [-0.39, 0.29) is 5.91 Å². The predicted molar refractivity (Wildman–Crippen MR) is 127 cm³/mol. The van der Waals surface area contributed by atoms with Gasteiger partial charge >= 0.3 is 0 Å². The van der Waals surface area contributed by atoms with E-state index in [2.05, 4.69) is 26.3 Å². The first-order chi connectivity index (χ1) is 16.6. The van der Waals surface area contributed by atoms with Crippen LogP contribution in [0.25, 0.3) is 11.3 Å². The van der Waals surface area contributed by atoms with Gasteiger partial charge in [0.15, 0.2) is 0 Å². The van der Waals surface area contributed by atoms with E-state index >= 15 is 0 Å². The number of carbonyl (C=O) groups excluding carboxylic acids is 1. The van der Waals surface area contributed by atoms with Crippen LogP contribution in [-0.2, 0) is 6.42 Å². The topological polar surface area (TPSA) is 110 Å². The zero-order valence-electron chi connectivity index (χ0n) is 18.6. The first-order valence-corrected chi connectivity index (χ1v) is 10.4. The third-order valence-electron chi connectivity index (χ3n) is 5.07. The lowest BCUT2D eigenvalue weighted by Crippen LogP contribution is -2.12. The van der Waals surface area contributed by atoms with E-state index in [1.54, 1.807) is 55.9 Å². The highest BCUT2D eigenvalue weighted by atomic mass is 16.5. The van der Waals surface area contributed by atoms with E-state index in [1.807, 2.05) is 18.2 Å². The molecule has 4 aromatic rings. The summed E-state index contributed by atoms with van der Waals surface area (Å²) in [4.78, 5) is 25.6. The summed E-state index contributed by atoms with van der Waals surface area (Å²) in [6.45, 7) is 0. The highest BCUT2D eigenvalue weighted by Crippen LogP contribution is 2.26. The fourth-order valence-corrected chi connectivity index (χ4v) is 3.44. The molecule has 0 bridgehead atoms. The van der Waals surface area contributed by atoms with Gasteiger partial charge in [-0.3, -0.25) is 9.78 Å². The average Bonchev–Trinajstić information content (AvgIpc) is 2.88. The molecule has 168 valence electrons. The molecule has 0 fully saturated rings. The Balaban J connectivity index is 1.59. The lowest BCUT2D eigenvalue weighted by molar-refractivity contribution is 0.102. The van der Waals surface area contributed by atoms with Crippen LogP contribution >= 0.6 is 0 Å². The molecule has 0 saturated heterocycles. The van der Waals surface area contributed by atoms with E-state index in [9.17, 15) is 10.1 Å². The van der Waals surface area contributed by atoms with Crippen LogP contribution in [0.5, 0.6) is 11.5 Å². The quantitative estimate of drug-likeness (QED) is 0.447. The molecule has 0 atom stereocenters. The number of amides is 1. The van der Waals surface area contributed by atoms with Gasteiger partial charge in [0, 0.05) is 42.3 Å². The van der Waals surface area contributed by atoms with Crippen LogP contribution in [0, 0.1) is 11.3 Å². The fourth-order valence-electron chi connectivity index (χ4n) is 3.44. The number of hydrogen-bond donors (Lipinski definition) is 1. The van der Waals surface area contributed by atoms with Crippen LogP contribution in [0.15, 0.2) is 73.2 Å². The monoisotopic (exact) mass is 451 g/mol. The molecule has 34 heavy (non-hydrogen) atoms. The Morgan fingerprint density at radius 2 is 1.94 bits per heavy atom. The normalized spacial score (nSPS) is 10.3. The molecule has 0 radical (unpaired) electrons. The van der Waals surface area contributed by atoms with Crippen LogP contribution < -0.4 is 14.8 Å². The van der Waals surface area contributed by atoms with Crippen molar-refractivity contribution in [2.24, 2.45) is 0 Å². The van der Waals surface area contributed by atoms with Crippen molar-refractivity contribution in [1.82, 2.24) is 15.0 Å². The maximum atomic E-state index is 12.5. The minimum Gasteiger partial charge on any atom is -0.497 e. The number of ether oxygens (including phenoxy) is 2. The number of benzene rings is 2. The van der Waals surface area contributed by atoms with Gasteiger partial charge in [0.1, 0.15) is 23.4 Å². The molecule has 1 amide bonds. The van der Waals surface area contributed by atoms with E-state index in [0.717, 1.165) is 11.1 Å². The number of nitrogens with zero attached hydrogens (tertiary/aromatic N) is 4. The number of methoxy groups -OCH3 is 2. The summed E-state index contributed by atoms with van der Waals surface area (Å²) in [6.07, 6.45) is 5.22. The van der Waals surface area contributed by atoms with Crippen molar-refractivity contribution < 1.29 is 14.3 Å². The molecule has 0 aliphatic carbocycles. The lowest BCUT2D eigenvalue weighted by atomic mass is 10.1. The van der Waals surface area contributed by atoms with Gasteiger partial charge in [-0.25, -0.2) is 9.97 Å². The first kappa shape index (κ1) is 22.4. The SMILES string of the molecule is COc1cc(Cc2nccc(-c3ccc(OC)c(C#N)c3)n2)cc(NC(=O)c2cccnc2)c1. The third kappa shape index (κ3) is 5.16. The summed E-state index contributed by atoms with van der Waals surface area (Å²) in [5, 5.41) is 12.3. The summed E-state index contributed by atoms with van der Waals surface area (Å²) in [6, 6.07) is 18.1. The largest absolute Gasteiger partial charge is 0.497 e. The van der Waals surface area contributed by atoms with Crippen LogP contribution in [0.2, 0.25) is 0 Å². The molecule has 1 N–H and O–H groups in total. The van der Waals surface area contributed by atoms with Gasteiger partial charge in [-0.15, -0.1) is 0 Å². The molecule has 8 nitrogen and oxygen atoms in total. The Labute approximate surface area is 196 Å². The first-order valence-electron chi connectivity index (χ1n) is 10.4. The minimum atomic E-state index is -0.265. The van der Waals surface area contributed by atoms with Crippen molar-refractivity contribution in [2.45, 2.75) is 6.42 Å². The van der Waals surface area contributed by atoms with Crippen molar-refractivity contribution in [1.29, 1.82) is 5.26 Å². The van der Waals surface area contributed by atoms with Gasteiger partial charge in [0.2, 0.25) is 0 Å². The van der Waals surface area contributed by atoms with Gasteiger partial charge in [0.05, 0.1) is 31.0 Å². The molecule has 0 saturated carbocycles. The third-order valence-corrected chi connectivity index (χ3v) is 5.07. The molecule has 0 aliphatic rings. The second kappa shape index (κ2) is 10.2. The summed E-state index contributed by atoms with van der Waals surface area (Å²) >= 11 is 0. The highest BCUT2D eigenvalue weighted by Gasteiger charge is 2.11. The van der Waals surface area contributed by atoms with Gasteiger partial charge in [0.25, 0.3) is 5.91 Å². The number of rotatable bonds is 7. The second-order valence-corrected chi connectivity index (χ2v) is 7.33. The number of anilines is 1. The van der Waals surface area contributed by atoms with Gasteiger partial charge in [-0.1, -0.05) is 0 Å². The van der Waals surface area contributed by atoms with Crippen LogP contribution in [0.3, 0.4) is 0 Å². The molecule has 0 spiro atoms. The molecule has 2 aromatic heterocycles. The summed E-state index contributed by atoms with van der Waals surface area (Å²) < 4.78 is 10.6. The number of nitriles is 1. The fraction of sp³-hybridized carbons (Fsp3) is 0.115. The maximum Gasteiger partial charge on any atom is 0.257 e. The number of nitrogens with one attached hydrogen (secondary N) is 1. The zero-order chi connectivity index (χ0) is 23.9. The number of aromatic nitrogens is 3. The average molecular weight is 451 g/mol. The number of carbonyl (C=O) groups is 1. The van der Waals surface area contributed by atoms with Gasteiger partial charge in [-0.05, 0) is 54.1 Å². The molecule has 2 aromatic carbocycles. The van der Waals surface area contributed by atoms with Gasteiger partial charge < -0.3 is 14.8 Å². The molecular weight excluding hydrogens is 430 g/mol. The van der Waals surface area contributed by atoms with Crippen molar-refractivity contribution in [3.63, 3.8) is 0 Å². The maximum absolute atomic E-state index is 12.5. The van der Waals surface area contributed by atoms with E-state index in [0.29, 0.717) is 46.3 Å². The van der Waals surface area contributed by atoms with Crippen molar-refractivity contribution in [2.75, 3.05) is 19.5 Å². The Morgan fingerprint density at radius 3 is 2.68 bits per heavy atom.